The van der Waals surface area contributed by atoms with Crippen molar-refractivity contribution < 1.29 is 9.18 Å². The Morgan fingerprint density at radius 1 is 1.17 bits per heavy atom. The number of rotatable bonds is 2. The van der Waals surface area contributed by atoms with Crippen molar-refractivity contribution in [3.8, 4) is 0 Å². The zero-order valence-corrected chi connectivity index (χ0v) is 14.3. The van der Waals surface area contributed by atoms with Gasteiger partial charge in [-0.05, 0) is 29.8 Å². The lowest BCUT2D eigenvalue weighted by Gasteiger charge is -1.99. The summed E-state index contributed by atoms with van der Waals surface area (Å²) in [5, 5.41) is 1.12. The summed E-state index contributed by atoms with van der Waals surface area (Å²) in [5.74, 6) is -0.649. The minimum absolute atomic E-state index is 0.107. The molecule has 0 aliphatic rings. The Morgan fingerprint density at radius 2 is 1.83 bits per heavy atom. The van der Waals surface area contributed by atoms with Crippen LogP contribution in [0.4, 0.5) is 4.39 Å². The van der Waals surface area contributed by atoms with E-state index in [1.807, 2.05) is 0 Å². The molecule has 0 fully saturated rings. The Morgan fingerprint density at radius 3 is 2.48 bits per heavy atom. The molecule has 0 atom stereocenters. The monoisotopic (exact) mass is 368 g/mol. The van der Waals surface area contributed by atoms with Crippen molar-refractivity contribution in [2.75, 3.05) is 0 Å². The Balaban J connectivity index is 1.99. The van der Waals surface area contributed by atoms with Crippen LogP contribution in [0.3, 0.4) is 0 Å². The topological polar surface area (TPSA) is 34.4 Å². The van der Waals surface area contributed by atoms with E-state index in [-0.39, 0.29) is 18.1 Å². The van der Waals surface area contributed by atoms with Gasteiger partial charge in [0.05, 0.1) is 26.7 Å². The van der Waals surface area contributed by atoms with Gasteiger partial charge in [-0.15, -0.1) is 0 Å². The van der Waals surface area contributed by atoms with Crippen LogP contribution in [0.1, 0.15) is 5.56 Å². The molecule has 0 bridgehead atoms. The zero-order valence-electron chi connectivity index (χ0n) is 12.0. The summed E-state index contributed by atoms with van der Waals surface area (Å²) >= 11 is 13.7. The van der Waals surface area contributed by atoms with Crippen molar-refractivity contribution >= 4 is 50.7 Å². The average Bonchev–Trinajstić information content (AvgIpc) is 2.84. The van der Waals surface area contributed by atoms with Crippen molar-refractivity contribution in [1.29, 1.82) is 0 Å². The van der Waals surface area contributed by atoms with Crippen LogP contribution < -0.4 is 4.80 Å². The summed E-state index contributed by atoms with van der Waals surface area (Å²) in [7, 11) is 1.78. The fraction of sp³-hybridized carbons (Fsp3) is 0.125. The number of carbonyl (C=O) groups excluding carboxylic acids is 1. The number of halogens is 3. The summed E-state index contributed by atoms with van der Waals surface area (Å²) in [4.78, 5) is 16.8. The molecule has 0 spiro atoms. The van der Waals surface area contributed by atoms with Crippen molar-refractivity contribution in [1.82, 2.24) is 4.57 Å². The molecule has 0 aliphatic carbocycles. The van der Waals surface area contributed by atoms with Gasteiger partial charge in [0.1, 0.15) is 5.82 Å². The predicted molar refractivity (Wildman–Crippen MR) is 91.5 cm³/mol. The number of amides is 1. The van der Waals surface area contributed by atoms with Gasteiger partial charge in [0.25, 0.3) is 5.91 Å². The lowest BCUT2D eigenvalue weighted by Crippen LogP contribution is -2.14. The molecule has 23 heavy (non-hydrogen) atoms. The smallest absolute Gasteiger partial charge is 0.252 e. The van der Waals surface area contributed by atoms with Crippen LogP contribution in [0.2, 0.25) is 10.0 Å². The number of hydrogen-bond donors (Lipinski definition) is 0. The van der Waals surface area contributed by atoms with E-state index in [0.717, 1.165) is 10.2 Å². The van der Waals surface area contributed by atoms with Gasteiger partial charge in [-0.2, -0.15) is 4.99 Å². The first-order chi connectivity index (χ1) is 11.0. The van der Waals surface area contributed by atoms with E-state index in [1.54, 1.807) is 35.9 Å². The first kappa shape index (κ1) is 16.2. The summed E-state index contributed by atoms with van der Waals surface area (Å²) < 4.78 is 15.4. The zero-order chi connectivity index (χ0) is 16.6. The number of thiazole rings is 1. The molecule has 0 radical (unpaired) electrons. The molecule has 118 valence electrons. The van der Waals surface area contributed by atoms with Crippen LogP contribution in [-0.2, 0) is 18.3 Å². The highest BCUT2D eigenvalue weighted by atomic mass is 35.5. The molecule has 0 saturated carbocycles. The Bertz CT molecular complexity index is 961. The number of benzene rings is 2. The van der Waals surface area contributed by atoms with E-state index in [4.69, 9.17) is 23.2 Å². The van der Waals surface area contributed by atoms with Crippen molar-refractivity contribution in [2.24, 2.45) is 12.0 Å². The second-order valence-corrected chi connectivity index (χ2v) is 6.75. The van der Waals surface area contributed by atoms with Gasteiger partial charge >= 0.3 is 0 Å². The van der Waals surface area contributed by atoms with E-state index in [0.29, 0.717) is 20.4 Å². The third-order valence-corrected chi connectivity index (χ3v) is 5.24. The van der Waals surface area contributed by atoms with Crippen LogP contribution in [0, 0.1) is 5.82 Å². The number of carbonyl (C=O) groups is 1. The number of nitrogens with zero attached hydrogens (tertiary/aromatic N) is 2. The lowest BCUT2D eigenvalue weighted by molar-refractivity contribution is -0.117. The number of hydrogen-bond acceptors (Lipinski definition) is 2. The maximum Gasteiger partial charge on any atom is 0.252 e. The Kier molecular flexibility index (Phi) is 4.53. The molecule has 0 saturated heterocycles. The van der Waals surface area contributed by atoms with Gasteiger partial charge < -0.3 is 4.57 Å². The maximum absolute atomic E-state index is 12.9. The molecule has 1 amide bonds. The molecule has 7 heteroatoms. The molecule has 3 aromatic rings. The van der Waals surface area contributed by atoms with E-state index >= 15 is 0 Å². The molecule has 1 aromatic heterocycles. The first-order valence-corrected chi connectivity index (χ1v) is 8.28. The quantitative estimate of drug-likeness (QED) is 0.661. The van der Waals surface area contributed by atoms with Crippen molar-refractivity contribution in [3.05, 3.63) is 62.6 Å². The second kappa shape index (κ2) is 6.43. The number of aromatic nitrogens is 1. The van der Waals surface area contributed by atoms with Crippen LogP contribution in [0.5, 0.6) is 0 Å². The largest absolute Gasteiger partial charge is 0.318 e. The highest BCUT2D eigenvalue weighted by Gasteiger charge is 2.11. The summed E-state index contributed by atoms with van der Waals surface area (Å²) in [5.41, 5.74) is 1.46. The highest BCUT2D eigenvalue weighted by Crippen LogP contribution is 2.31. The Labute approximate surface area is 145 Å². The Hall–Kier alpha value is -1.69. The van der Waals surface area contributed by atoms with Gasteiger partial charge in [-0.3, -0.25) is 4.79 Å². The van der Waals surface area contributed by atoms with E-state index in [2.05, 4.69) is 4.99 Å². The normalized spacial score (nSPS) is 12.1. The lowest BCUT2D eigenvalue weighted by atomic mass is 10.1. The highest BCUT2D eigenvalue weighted by molar-refractivity contribution is 7.17. The maximum atomic E-state index is 12.9. The molecule has 0 unspecified atom stereocenters. The van der Waals surface area contributed by atoms with Crippen LogP contribution in [0.15, 0.2) is 41.4 Å². The fourth-order valence-electron chi connectivity index (χ4n) is 2.21. The molecule has 1 heterocycles. The van der Waals surface area contributed by atoms with Crippen molar-refractivity contribution in [3.63, 3.8) is 0 Å². The molecule has 0 aliphatic heterocycles. The standard InChI is InChI=1S/C16H11Cl2FN2OS/c1-21-14-11(17)6-7-12(18)15(14)23-16(21)20-13(22)8-9-2-4-10(19)5-3-9/h2-7H,8H2,1H3. The number of aryl methyl sites for hydroxylation is 1. The van der Waals surface area contributed by atoms with E-state index in [1.165, 1.54) is 23.5 Å². The van der Waals surface area contributed by atoms with Crippen LogP contribution in [-0.4, -0.2) is 10.5 Å². The van der Waals surface area contributed by atoms with Gasteiger partial charge in [0.2, 0.25) is 0 Å². The number of fused-ring (bicyclic) bond motifs is 1. The van der Waals surface area contributed by atoms with Gasteiger partial charge in [-0.25, -0.2) is 4.39 Å². The molecule has 3 rings (SSSR count). The minimum atomic E-state index is -0.335. The van der Waals surface area contributed by atoms with Gasteiger partial charge in [-0.1, -0.05) is 46.7 Å². The summed E-state index contributed by atoms with van der Waals surface area (Å²) in [6.45, 7) is 0. The third-order valence-electron chi connectivity index (χ3n) is 3.34. The van der Waals surface area contributed by atoms with Crippen LogP contribution in [0.25, 0.3) is 10.2 Å². The van der Waals surface area contributed by atoms with E-state index in [9.17, 15) is 9.18 Å². The minimum Gasteiger partial charge on any atom is -0.318 e. The molecule has 0 N–H and O–H groups in total. The average molecular weight is 369 g/mol. The fourth-order valence-corrected chi connectivity index (χ4v) is 3.88. The molecule has 2 aromatic carbocycles. The second-order valence-electron chi connectivity index (χ2n) is 4.96. The van der Waals surface area contributed by atoms with Gasteiger partial charge in [0.15, 0.2) is 4.80 Å². The van der Waals surface area contributed by atoms with Crippen LogP contribution >= 0.6 is 34.5 Å². The first-order valence-electron chi connectivity index (χ1n) is 6.71. The molecular weight excluding hydrogens is 358 g/mol. The molecule has 3 nitrogen and oxygen atoms in total. The summed E-state index contributed by atoms with van der Waals surface area (Å²) in [6.07, 6.45) is 0.107. The predicted octanol–water partition coefficient (Wildman–Crippen LogP) is 4.36. The summed E-state index contributed by atoms with van der Waals surface area (Å²) in [6, 6.07) is 9.21. The third kappa shape index (κ3) is 3.32. The van der Waals surface area contributed by atoms with E-state index < -0.39 is 0 Å². The van der Waals surface area contributed by atoms with Gasteiger partial charge in [0, 0.05) is 7.05 Å². The van der Waals surface area contributed by atoms with Crippen molar-refractivity contribution in [2.45, 2.75) is 6.42 Å². The molecular formula is C16H11Cl2FN2OS. The SMILES string of the molecule is Cn1c(=NC(=O)Cc2ccc(F)cc2)sc2c(Cl)ccc(Cl)c21.